The van der Waals surface area contributed by atoms with Crippen molar-refractivity contribution in [2.24, 2.45) is 0 Å². The zero-order chi connectivity index (χ0) is 21.9. The minimum atomic E-state index is -0.623. The second kappa shape index (κ2) is 12.5. The SMILES string of the molecule is CCCCCCCNC(=O)/C=C/n1cc(C2CC(OC)C(COC)O2)c(=O)[nH]c1=O. The average molecular weight is 424 g/mol. The van der Waals surface area contributed by atoms with Crippen molar-refractivity contribution in [3.05, 3.63) is 38.7 Å². The van der Waals surface area contributed by atoms with Crippen molar-refractivity contribution in [1.29, 1.82) is 0 Å². The fraction of sp³-hybridized carbons (Fsp3) is 0.667. The molecule has 0 radical (unpaired) electrons. The molecule has 0 aromatic carbocycles. The number of nitrogens with one attached hydrogen (secondary N) is 2. The summed E-state index contributed by atoms with van der Waals surface area (Å²) in [5.41, 5.74) is -0.836. The van der Waals surface area contributed by atoms with Gasteiger partial charge in [0, 0.05) is 45.7 Å². The van der Waals surface area contributed by atoms with Gasteiger partial charge in [-0.2, -0.15) is 0 Å². The fourth-order valence-corrected chi connectivity index (χ4v) is 3.46. The van der Waals surface area contributed by atoms with Crippen molar-refractivity contribution in [2.45, 2.75) is 63.8 Å². The fourth-order valence-electron chi connectivity index (χ4n) is 3.46. The van der Waals surface area contributed by atoms with Gasteiger partial charge < -0.3 is 19.5 Å². The van der Waals surface area contributed by atoms with E-state index in [1.807, 2.05) is 0 Å². The maximum atomic E-state index is 12.3. The Kier molecular flexibility index (Phi) is 9.99. The maximum Gasteiger partial charge on any atom is 0.332 e. The second-order valence-corrected chi connectivity index (χ2v) is 7.40. The number of carbonyl (C=O) groups excluding carboxylic acids is 1. The summed E-state index contributed by atoms with van der Waals surface area (Å²) in [7, 11) is 3.15. The Balaban J connectivity index is 2.01. The van der Waals surface area contributed by atoms with E-state index in [0.717, 1.165) is 19.3 Å². The van der Waals surface area contributed by atoms with E-state index in [2.05, 4.69) is 17.2 Å². The molecule has 9 heteroatoms. The average Bonchev–Trinajstić information content (AvgIpc) is 3.13. The lowest BCUT2D eigenvalue weighted by atomic mass is 10.1. The molecule has 3 atom stereocenters. The van der Waals surface area contributed by atoms with Crippen molar-refractivity contribution in [2.75, 3.05) is 27.4 Å². The van der Waals surface area contributed by atoms with Crippen molar-refractivity contribution >= 4 is 12.1 Å². The summed E-state index contributed by atoms with van der Waals surface area (Å²) in [4.78, 5) is 38.7. The third kappa shape index (κ3) is 6.93. The summed E-state index contributed by atoms with van der Waals surface area (Å²) in [6, 6.07) is 0. The first-order valence-corrected chi connectivity index (χ1v) is 10.5. The highest BCUT2D eigenvalue weighted by Crippen LogP contribution is 2.32. The van der Waals surface area contributed by atoms with Crippen LogP contribution >= 0.6 is 0 Å². The quantitative estimate of drug-likeness (QED) is 0.390. The predicted octanol–water partition coefficient (Wildman–Crippen LogP) is 1.59. The van der Waals surface area contributed by atoms with E-state index in [-0.39, 0.29) is 18.1 Å². The van der Waals surface area contributed by atoms with Crippen LogP contribution in [0.3, 0.4) is 0 Å². The standard InChI is InChI=1S/C21H33N3O6/c1-4-5-6-7-8-10-22-19(25)9-11-24-13-15(20(26)23-21(24)27)16-12-17(29-3)18(30-16)14-28-2/h9,11,13,16-18H,4-8,10,12,14H2,1-3H3,(H,22,25)(H,23,26,27)/b11-9+. The van der Waals surface area contributed by atoms with Crippen LogP contribution in [0.25, 0.3) is 6.20 Å². The Morgan fingerprint density at radius 2 is 2.07 bits per heavy atom. The minimum absolute atomic E-state index is 0.214. The van der Waals surface area contributed by atoms with Gasteiger partial charge in [-0.3, -0.25) is 19.1 Å². The molecule has 0 bridgehead atoms. The molecule has 1 aliphatic rings. The van der Waals surface area contributed by atoms with E-state index in [0.29, 0.717) is 25.1 Å². The Morgan fingerprint density at radius 3 is 2.77 bits per heavy atom. The third-order valence-electron chi connectivity index (χ3n) is 5.14. The number of aromatic nitrogens is 2. The molecule has 3 unspecified atom stereocenters. The highest BCUT2D eigenvalue weighted by Gasteiger charge is 2.37. The topological polar surface area (TPSA) is 112 Å². The number of aromatic amines is 1. The Bertz CT molecular complexity index is 816. The number of hydrogen-bond acceptors (Lipinski definition) is 6. The molecule has 1 aromatic rings. The molecule has 9 nitrogen and oxygen atoms in total. The first-order chi connectivity index (χ1) is 14.5. The van der Waals surface area contributed by atoms with Gasteiger partial charge in [-0.25, -0.2) is 4.79 Å². The van der Waals surface area contributed by atoms with Crippen LogP contribution in [0.15, 0.2) is 21.9 Å². The lowest BCUT2D eigenvalue weighted by Crippen LogP contribution is -2.31. The zero-order valence-corrected chi connectivity index (χ0v) is 18.0. The lowest BCUT2D eigenvalue weighted by molar-refractivity contribution is -0.116. The molecule has 0 aliphatic carbocycles. The van der Waals surface area contributed by atoms with Crippen molar-refractivity contribution in [3.63, 3.8) is 0 Å². The van der Waals surface area contributed by atoms with Crippen molar-refractivity contribution in [3.8, 4) is 0 Å². The summed E-state index contributed by atoms with van der Waals surface area (Å²) in [5.74, 6) is -0.290. The van der Waals surface area contributed by atoms with Gasteiger partial charge in [-0.05, 0) is 6.42 Å². The summed E-state index contributed by atoms with van der Waals surface area (Å²) >= 11 is 0. The monoisotopic (exact) mass is 423 g/mol. The molecule has 1 aromatic heterocycles. The number of nitrogens with zero attached hydrogens (tertiary/aromatic N) is 1. The van der Waals surface area contributed by atoms with Gasteiger partial charge in [0.05, 0.1) is 24.4 Å². The molecule has 1 amide bonds. The molecule has 0 spiro atoms. The summed E-state index contributed by atoms with van der Waals surface area (Å²) in [6.45, 7) is 3.09. The van der Waals surface area contributed by atoms with Crippen LogP contribution in [0.2, 0.25) is 0 Å². The second-order valence-electron chi connectivity index (χ2n) is 7.40. The predicted molar refractivity (Wildman–Crippen MR) is 113 cm³/mol. The van der Waals surface area contributed by atoms with Gasteiger partial charge in [0.2, 0.25) is 5.91 Å². The molecule has 1 saturated heterocycles. The highest BCUT2D eigenvalue weighted by atomic mass is 16.6. The molecule has 1 aliphatic heterocycles. The third-order valence-corrected chi connectivity index (χ3v) is 5.14. The Labute approximate surface area is 176 Å². The number of amides is 1. The first kappa shape index (κ1) is 24.0. The van der Waals surface area contributed by atoms with Gasteiger partial charge in [-0.1, -0.05) is 32.6 Å². The van der Waals surface area contributed by atoms with Gasteiger partial charge >= 0.3 is 5.69 Å². The summed E-state index contributed by atoms with van der Waals surface area (Å²) in [5, 5.41) is 2.80. The molecular formula is C21H33N3O6. The molecule has 2 N–H and O–H groups in total. The number of ether oxygens (including phenoxy) is 3. The van der Waals surface area contributed by atoms with Gasteiger partial charge in [0.15, 0.2) is 0 Å². The first-order valence-electron chi connectivity index (χ1n) is 10.5. The molecule has 2 heterocycles. The Morgan fingerprint density at radius 1 is 1.30 bits per heavy atom. The van der Waals surface area contributed by atoms with Gasteiger partial charge in [-0.15, -0.1) is 0 Å². The summed E-state index contributed by atoms with van der Waals surface area (Å²) < 4.78 is 17.6. The smallest absolute Gasteiger partial charge is 0.332 e. The number of methoxy groups -OCH3 is 2. The van der Waals surface area contributed by atoms with E-state index < -0.39 is 17.4 Å². The number of rotatable bonds is 12. The number of unbranched alkanes of at least 4 members (excludes halogenated alkanes) is 4. The van der Waals surface area contributed by atoms with Crippen LogP contribution < -0.4 is 16.6 Å². The summed E-state index contributed by atoms with van der Waals surface area (Å²) in [6.07, 6.45) is 8.97. The Hall–Kier alpha value is -2.23. The molecule has 30 heavy (non-hydrogen) atoms. The molecule has 1 fully saturated rings. The minimum Gasteiger partial charge on any atom is -0.382 e. The van der Waals surface area contributed by atoms with Crippen LogP contribution in [0.4, 0.5) is 0 Å². The molecular weight excluding hydrogens is 390 g/mol. The zero-order valence-electron chi connectivity index (χ0n) is 18.0. The highest BCUT2D eigenvalue weighted by molar-refractivity contribution is 5.90. The van der Waals surface area contributed by atoms with Crippen LogP contribution in [-0.4, -0.2) is 55.0 Å². The maximum absolute atomic E-state index is 12.3. The lowest BCUT2D eigenvalue weighted by Gasteiger charge is -2.15. The van der Waals surface area contributed by atoms with E-state index in [1.54, 1.807) is 14.2 Å². The number of H-pyrrole nitrogens is 1. The van der Waals surface area contributed by atoms with Crippen molar-refractivity contribution < 1.29 is 19.0 Å². The van der Waals surface area contributed by atoms with Crippen molar-refractivity contribution in [1.82, 2.24) is 14.9 Å². The van der Waals surface area contributed by atoms with Gasteiger partial charge in [0.25, 0.3) is 5.56 Å². The van der Waals surface area contributed by atoms with E-state index in [9.17, 15) is 14.4 Å². The molecule has 0 saturated carbocycles. The van der Waals surface area contributed by atoms with Crippen LogP contribution in [-0.2, 0) is 19.0 Å². The van der Waals surface area contributed by atoms with E-state index in [4.69, 9.17) is 14.2 Å². The van der Waals surface area contributed by atoms with Crippen LogP contribution in [0.1, 0.15) is 57.1 Å². The van der Waals surface area contributed by atoms with Gasteiger partial charge in [0.1, 0.15) is 6.10 Å². The largest absolute Gasteiger partial charge is 0.382 e. The normalized spacial score (nSPS) is 21.4. The molecule has 2 rings (SSSR count). The number of carbonyl (C=O) groups is 1. The number of hydrogen-bond donors (Lipinski definition) is 2. The molecule has 168 valence electrons. The van der Waals surface area contributed by atoms with Crippen LogP contribution in [0, 0.1) is 0 Å². The van der Waals surface area contributed by atoms with E-state index >= 15 is 0 Å². The van der Waals surface area contributed by atoms with Crippen LogP contribution in [0.5, 0.6) is 0 Å². The van der Waals surface area contributed by atoms with E-state index in [1.165, 1.54) is 35.9 Å².